The number of ether oxygens (including phenoxy) is 1. The van der Waals surface area contributed by atoms with Crippen LogP contribution in [0.5, 0.6) is 5.75 Å². The van der Waals surface area contributed by atoms with Crippen LogP contribution in [-0.2, 0) is 0 Å². The topological polar surface area (TPSA) is 21.3 Å². The lowest BCUT2D eigenvalue weighted by Crippen LogP contribution is -2.22. The van der Waals surface area contributed by atoms with E-state index in [2.05, 4.69) is 54.7 Å². The molecule has 2 heteroatoms. The molecule has 0 bridgehead atoms. The first-order chi connectivity index (χ1) is 9.78. The number of nitrogens with one attached hydrogen (secondary N) is 1. The highest BCUT2D eigenvalue weighted by Gasteiger charge is 2.38. The predicted molar refractivity (Wildman–Crippen MR) is 82.1 cm³/mol. The van der Waals surface area contributed by atoms with Gasteiger partial charge in [-0.2, -0.15) is 0 Å². The van der Waals surface area contributed by atoms with E-state index in [1.165, 1.54) is 17.5 Å². The lowest BCUT2D eigenvalue weighted by Gasteiger charge is -2.15. The largest absolute Gasteiger partial charge is 0.497 e. The van der Waals surface area contributed by atoms with Gasteiger partial charge in [-0.25, -0.2) is 0 Å². The Kier molecular flexibility index (Phi) is 3.75. The highest BCUT2D eigenvalue weighted by Crippen LogP contribution is 2.41. The second-order valence-corrected chi connectivity index (χ2v) is 5.52. The fourth-order valence-electron chi connectivity index (χ4n) is 2.76. The Morgan fingerprint density at radius 1 is 1.05 bits per heavy atom. The van der Waals surface area contributed by atoms with Gasteiger partial charge in [-0.1, -0.05) is 42.5 Å². The second kappa shape index (κ2) is 5.68. The summed E-state index contributed by atoms with van der Waals surface area (Å²) < 4.78 is 5.20. The average Bonchev–Trinajstić information content (AvgIpc) is 3.27. The number of methoxy groups -OCH3 is 1. The van der Waals surface area contributed by atoms with E-state index in [0.717, 1.165) is 5.75 Å². The third-order valence-corrected chi connectivity index (χ3v) is 4.10. The standard InChI is InChI=1S/C18H21NO/c1-13(14-8-10-16(20-2)11-9-14)19-18-12-17(18)15-6-4-3-5-7-15/h3-11,13,17-19H,12H2,1-2H3/t13?,17-,18+/m0/s1. The summed E-state index contributed by atoms with van der Waals surface area (Å²) in [5, 5.41) is 3.72. The van der Waals surface area contributed by atoms with Gasteiger partial charge < -0.3 is 10.1 Å². The molecule has 1 aliphatic rings. The Balaban J connectivity index is 1.59. The van der Waals surface area contributed by atoms with E-state index in [0.29, 0.717) is 18.0 Å². The Bertz CT molecular complexity index is 549. The van der Waals surface area contributed by atoms with Crippen molar-refractivity contribution in [3.8, 4) is 5.75 Å². The van der Waals surface area contributed by atoms with Crippen molar-refractivity contribution in [3.63, 3.8) is 0 Å². The van der Waals surface area contributed by atoms with Gasteiger partial charge in [-0.3, -0.25) is 0 Å². The van der Waals surface area contributed by atoms with Gasteiger partial charge >= 0.3 is 0 Å². The van der Waals surface area contributed by atoms with Crippen LogP contribution in [0.4, 0.5) is 0 Å². The van der Waals surface area contributed by atoms with E-state index in [4.69, 9.17) is 4.74 Å². The first kappa shape index (κ1) is 13.2. The summed E-state index contributed by atoms with van der Waals surface area (Å²) in [5.74, 6) is 1.59. The van der Waals surface area contributed by atoms with Crippen LogP contribution >= 0.6 is 0 Å². The van der Waals surface area contributed by atoms with Crippen LogP contribution in [0.3, 0.4) is 0 Å². The Morgan fingerprint density at radius 2 is 1.75 bits per heavy atom. The van der Waals surface area contributed by atoms with Crippen molar-refractivity contribution in [2.75, 3.05) is 7.11 Å². The third-order valence-electron chi connectivity index (χ3n) is 4.10. The van der Waals surface area contributed by atoms with Crippen LogP contribution in [0.15, 0.2) is 54.6 Å². The molecule has 0 heterocycles. The molecule has 1 N–H and O–H groups in total. The van der Waals surface area contributed by atoms with Gasteiger partial charge in [0.05, 0.1) is 7.11 Å². The summed E-state index contributed by atoms with van der Waals surface area (Å²) in [6, 6.07) is 20.1. The van der Waals surface area contributed by atoms with E-state index < -0.39 is 0 Å². The summed E-state index contributed by atoms with van der Waals surface area (Å²) >= 11 is 0. The SMILES string of the molecule is COc1ccc(C(C)N[C@@H]2C[C@H]2c2ccccc2)cc1. The van der Waals surface area contributed by atoms with Crippen LogP contribution in [0, 0.1) is 0 Å². The summed E-state index contributed by atoms with van der Waals surface area (Å²) in [4.78, 5) is 0. The van der Waals surface area contributed by atoms with Gasteiger partial charge in [0.2, 0.25) is 0 Å². The maximum absolute atomic E-state index is 5.20. The fourth-order valence-corrected chi connectivity index (χ4v) is 2.76. The minimum atomic E-state index is 0.375. The summed E-state index contributed by atoms with van der Waals surface area (Å²) in [6.45, 7) is 2.22. The minimum Gasteiger partial charge on any atom is -0.497 e. The average molecular weight is 267 g/mol. The van der Waals surface area contributed by atoms with Crippen molar-refractivity contribution in [2.45, 2.75) is 31.3 Å². The molecule has 1 fully saturated rings. The summed E-state index contributed by atoms with van der Waals surface area (Å²) in [6.07, 6.45) is 1.24. The van der Waals surface area contributed by atoms with Crippen molar-refractivity contribution in [1.29, 1.82) is 0 Å². The first-order valence-electron chi connectivity index (χ1n) is 7.23. The number of rotatable bonds is 5. The monoisotopic (exact) mass is 267 g/mol. The van der Waals surface area contributed by atoms with E-state index in [1.807, 2.05) is 12.1 Å². The highest BCUT2D eigenvalue weighted by atomic mass is 16.5. The molecule has 1 saturated carbocycles. The maximum atomic E-state index is 5.20. The zero-order valence-corrected chi connectivity index (χ0v) is 12.0. The van der Waals surface area contributed by atoms with Gasteiger partial charge in [-0.05, 0) is 36.6 Å². The molecular weight excluding hydrogens is 246 g/mol. The van der Waals surface area contributed by atoms with Crippen molar-refractivity contribution in [1.82, 2.24) is 5.32 Å². The molecule has 0 amide bonds. The summed E-state index contributed by atoms with van der Waals surface area (Å²) in [7, 11) is 1.70. The second-order valence-electron chi connectivity index (χ2n) is 5.52. The molecule has 3 rings (SSSR count). The maximum Gasteiger partial charge on any atom is 0.118 e. The molecule has 1 unspecified atom stereocenters. The van der Waals surface area contributed by atoms with Crippen LogP contribution in [0.2, 0.25) is 0 Å². The van der Waals surface area contributed by atoms with Gasteiger partial charge in [0.15, 0.2) is 0 Å². The van der Waals surface area contributed by atoms with Gasteiger partial charge in [-0.15, -0.1) is 0 Å². The molecule has 0 saturated heterocycles. The van der Waals surface area contributed by atoms with E-state index in [-0.39, 0.29) is 0 Å². The lowest BCUT2D eigenvalue weighted by atomic mass is 10.1. The van der Waals surface area contributed by atoms with Crippen LogP contribution in [0.1, 0.15) is 36.4 Å². The smallest absolute Gasteiger partial charge is 0.118 e. The summed E-state index contributed by atoms with van der Waals surface area (Å²) in [5.41, 5.74) is 2.76. The fraction of sp³-hybridized carbons (Fsp3) is 0.333. The lowest BCUT2D eigenvalue weighted by molar-refractivity contribution is 0.414. The van der Waals surface area contributed by atoms with Crippen molar-refractivity contribution < 1.29 is 4.74 Å². The van der Waals surface area contributed by atoms with E-state index in [9.17, 15) is 0 Å². The highest BCUT2D eigenvalue weighted by molar-refractivity contribution is 5.31. The van der Waals surface area contributed by atoms with E-state index >= 15 is 0 Å². The molecule has 2 aromatic carbocycles. The Labute approximate surface area is 120 Å². The molecule has 2 aromatic rings. The molecule has 0 aromatic heterocycles. The molecule has 3 atom stereocenters. The molecular formula is C18H21NO. The van der Waals surface area contributed by atoms with Crippen LogP contribution in [0.25, 0.3) is 0 Å². The molecule has 0 aliphatic heterocycles. The zero-order valence-electron chi connectivity index (χ0n) is 12.0. The Hall–Kier alpha value is -1.80. The predicted octanol–water partition coefficient (Wildman–Crippen LogP) is 3.90. The third kappa shape index (κ3) is 2.86. The number of hydrogen-bond donors (Lipinski definition) is 1. The van der Waals surface area contributed by atoms with Gasteiger partial charge in [0, 0.05) is 18.0 Å². The van der Waals surface area contributed by atoms with E-state index in [1.54, 1.807) is 7.11 Å². The molecule has 0 radical (unpaired) electrons. The molecule has 1 aliphatic carbocycles. The van der Waals surface area contributed by atoms with Crippen LogP contribution in [-0.4, -0.2) is 13.2 Å². The van der Waals surface area contributed by atoms with Crippen molar-refractivity contribution in [2.24, 2.45) is 0 Å². The first-order valence-corrected chi connectivity index (χ1v) is 7.23. The normalized spacial score (nSPS) is 22.3. The molecule has 104 valence electrons. The minimum absolute atomic E-state index is 0.375. The molecule has 2 nitrogen and oxygen atoms in total. The quantitative estimate of drug-likeness (QED) is 0.887. The molecule has 20 heavy (non-hydrogen) atoms. The number of benzene rings is 2. The van der Waals surface area contributed by atoms with Crippen LogP contribution < -0.4 is 10.1 Å². The number of hydrogen-bond acceptors (Lipinski definition) is 2. The van der Waals surface area contributed by atoms with Crippen molar-refractivity contribution in [3.05, 3.63) is 65.7 Å². The van der Waals surface area contributed by atoms with Gasteiger partial charge in [0.25, 0.3) is 0 Å². The van der Waals surface area contributed by atoms with Gasteiger partial charge in [0.1, 0.15) is 5.75 Å². The Morgan fingerprint density at radius 3 is 2.40 bits per heavy atom. The van der Waals surface area contributed by atoms with Crippen molar-refractivity contribution >= 4 is 0 Å². The zero-order chi connectivity index (χ0) is 13.9. The molecule has 0 spiro atoms.